The molecule has 3 unspecified atom stereocenters. The predicted molar refractivity (Wildman–Crippen MR) is 43.7 cm³/mol. The Morgan fingerprint density at radius 2 is 2.42 bits per heavy atom. The molecule has 1 saturated carbocycles. The molecule has 3 fully saturated rings. The van der Waals surface area contributed by atoms with Gasteiger partial charge in [-0.3, -0.25) is 9.69 Å². The second-order valence-electron chi connectivity index (χ2n) is 3.78. The van der Waals surface area contributed by atoms with Crippen molar-refractivity contribution in [3.8, 4) is 0 Å². The summed E-state index contributed by atoms with van der Waals surface area (Å²) in [5.74, 6) is -0.0727. The van der Waals surface area contributed by atoms with Crippen molar-refractivity contribution in [1.29, 1.82) is 0 Å². The van der Waals surface area contributed by atoms with Crippen molar-refractivity contribution in [2.24, 2.45) is 11.7 Å². The smallest absolute Gasteiger partial charge is 0.304 e. The van der Waals surface area contributed by atoms with Gasteiger partial charge in [0.1, 0.15) is 0 Å². The van der Waals surface area contributed by atoms with Gasteiger partial charge < -0.3 is 10.8 Å². The maximum Gasteiger partial charge on any atom is 0.304 e. The van der Waals surface area contributed by atoms with Crippen LogP contribution in [0.15, 0.2) is 0 Å². The van der Waals surface area contributed by atoms with Crippen molar-refractivity contribution in [3.05, 3.63) is 0 Å². The Balaban J connectivity index is 1.80. The predicted octanol–water partition coefficient (Wildman–Crippen LogP) is -0.507. The van der Waals surface area contributed by atoms with Crippen LogP contribution >= 0.6 is 0 Å². The first-order valence-corrected chi connectivity index (χ1v) is 4.40. The molecule has 3 N–H and O–H groups in total. The third-order valence-corrected chi connectivity index (χ3v) is 3.08. The van der Waals surface area contributed by atoms with Crippen LogP contribution in [0.4, 0.5) is 0 Å². The lowest BCUT2D eigenvalue weighted by Gasteiger charge is -2.33. The van der Waals surface area contributed by atoms with E-state index in [1.54, 1.807) is 0 Å². The summed E-state index contributed by atoms with van der Waals surface area (Å²) in [6, 6.07) is 0.799. The zero-order valence-electron chi connectivity index (χ0n) is 6.94. The Kier molecular flexibility index (Phi) is 1.81. The molecule has 0 radical (unpaired) electrons. The molecule has 0 aromatic heterocycles. The first-order chi connectivity index (χ1) is 5.68. The van der Waals surface area contributed by atoms with Crippen LogP contribution in [0.2, 0.25) is 0 Å². The maximum atomic E-state index is 10.3. The zero-order chi connectivity index (χ0) is 8.72. The van der Waals surface area contributed by atoms with Crippen molar-refractivity contribution in [1.82, 2.24) is 4.90 Å². The highest BCUT2D eigenvalue weighted by Crippen LogP contribution is 2.39. The average molecular weight is 170 g/mol. The van der Waals surface area contributed by atoms with Gasteiger partial charge in [0, 0.05) is 25.2 Å². The molecule has 1 aliphatic carbocycles. The number of carboxylic acid groups (broad SMARTS) is 1. The van der Waals surface area contributed by atoms with Gasteiger partial charge in [-0.05, 0) is 12.3 Å². The summed E-state index contributed by atoms with van der Waals surface area (Å²) in [5.41, 5.74) is 5.84. The molecular weight excluding hydrogens is 156 g/mol. The van der Waals surface area contributed by atoms with E-state index in [1.165, 1.54) is 6.42 Å². The summed E-state index contributed by atoms with van der Waals surface area (Å²) >= 11 is 0. The summed E-state index contributed by atoms with van der Waals surface area (Å²) in [7, 11) is 0. The molecule has 4 nitrogen and oxygen atoms in total. The summed E-state index contributed by atoms with van der Waals surface area (Å²) in [6.07, 6.45) is 1.43. The van der Waals surface area contributed by atoms with E-state index in [0.717, 1.165) is 6.54 Å². The summed E-state index contributed by atoms with van der Waals surface area (Å²) in [5, 5.41) is 8.48. The number of carboxylic acids is 1. The van der Waals surface area contributed by atoms with Crippen LogP contribution in [0.25, 0.3) is 0 Å². The zero-order valence-corrected chi connectivity index (χ0v) is 6.94. The number of rotatable bonds is 3. The number of aliphatic carboxylic acids is 1. The molecule has 2 heterocycles. The molecule has 12 heavy (non-hydrogen) atoms. The van der Waals surface area contributed by atoms with Gasteiger partial charge in [-0.25, -0.2) is 0 Å². The van der Waals surface area contributed by atoms with Crippen molar-refractivity contribution < 1.29 is 9.90 Å². The summed E-state index contributed by atoms with van der Waals surface area (Å²) in [6.45, 7) is 1.68. The van der Waals surface area contributed by atoms with Gasteiger partial charge in [0.15, 0.2) is 0 Å². The van der Waals surface area contributed by atoms with E-state index in [-0.39, 0.29) is 6.42 Å². The molecule has 68 valence electrons. The van der Waals surface area contributed by atoms with Crippen LogP contribution in [-0.2, 0) is 4.79 Å². The number of nitrogens with zero attached hydrogens (tertiary/aromatic N) is 1. The molecule has 0 amide bonds. The third kappa shape index (κ3) is 1.11. The Labute approximate surface area is 71.3 Å². The van der Waals surface area contributed by atoms with E-state index in [4.69, 9.17) is 10.8 Å². The van der Waals surface area contributed by atoms with E-state index >= 15 is 0 Å². The van der Waals surface area contributed by atoms with Gasteiger partial charge >= 0.3 is 5.97 Å². The van der Waals surface area contributed by atoms with E-state index in [1.807, 2.05) is 0 Å². The highest BCUT2D eigenvalue weighted by molar-refractivity contribution is 5.66. The summed E-state index contributed by atoms with van der Waals surface area (Å²) in [4.78, 5) is 12.5. The molecule has 3 rings (SSSR count). The van der Waals surface area contributed by atoms with Crippen LogP contribution < -0.4 is 5.73 Å². The molecule has 0 aromatic rings. The molecular formula is C8H14N2O2. The lowest BCUT2D eigenvalue weighted by molar-refractivity contribution is -0.137. The topological polar surface area (TPSA) is 66.6 Å². The molecule has 2 bridgehead atoms. The van der Waals surface area contributed by atoms with E-state index < -0.39 is 5.97 Å². The number of fused-ring (bicyclic) bond motifs is 1. The standard InChI is InChI=1S/C8H14N2O2/c9-8-5-3-6(8)10(4-5)2-1-7(11)12/h5-6,8H,1-4,9H2,(H,11,12). The van der Waals surface area contributed by atoms with E-state index in [9.17, 15) is 4.79 Å². The van der Waals surface area contributed by atoms with Crippen LogP contribution in [0.5, 0.6) is 0 Å². The first kappa shape index (κ1) is 8.01. The van der Waals surface area contributed by atoms with E-state index in [2.05, 4.69) is 4.90 Å². The van der Waals surface area contributed by atoms with Crippen molar-refractivity contribution in [2.45, 2.75) is 24.9 Å². The minimum absolute atomic E-state index is 0.246. The Bertz CT molecular complexity index is 207. The third-order valence-electron chi connectivity index (χ3n) is 3.08. The second-order valence-corrected chi connectivity index (χ2v) is 3.78. The highest BCUT2D eigenvalue weighted by Gasteiger charge is 2.49. The Morgan fingerprint density at radius 3 is 2.83 bits per heavy atom. The quantitative estimate of drug-likeness (QED) is 0.599. The first-order valence-electron chi connectivity index (χ1n) is 4.40. The maximum absolute atomic E-state index is 10.3. The van der Waals surface area contributed by atoms with Gasteiger partial charge in [-0.1, -0.05) is 0 Å². The molecule has 0 spiro atoms. The molecule has 2 aliphatic heterocycles. The molecule has 3 aliphatic rings. The fourth-order valence-electron chi connectivity index (χ4n) is 2.26. The molecule has 2 saturated heterocycles. The molecule has 3 atom stereocenters. The minimum atomic E-state index is -0.715. The summed E-state index contributed by atoms with van der Waals surface area (Å²) < 4.78 is 0. The SMILES string of the molecule is NC1C2CC1N(CCC(=O)O)C2. The molecule has 4 heteroatoms. The molecule has 0 aromatic carbocycles. The number of hydrogen-bond acceptors (Lipinski definition) is 3. The Morgan fingerprint density at radius 1 is 1.67 bits per heavy atom. The minimum Gasteiger partial charge on any atom is -0.481 e. The fourth-order valence-corrected chi connectivity index (χ4v) is 2.26. The lowest BCUT2D eigenvalue weighted by Crippen LogP contribution is -2.49. The monoisotopic (exact) mass is 170 g/mol. The number of nitrogens with two attached hydrogens (primary N) is 1. The van der Waals surface area contributed by atoms with Gasteiger partial charge in [0.2, 0.25) is 0 Å². The average Bonchev–Trinajstić information content (AvgIpc) is 2.55. The normalized spacial score (nSPS) is 39.6. The van der Waals surface area contributed by atoms with Crippen molar-refractivity contribution in [3.63, 3.8) is 0 Å². The largest absolute Gasteiger partial charge is 0.481 e. The fraction of sp³-hybridized carbons (Fsp3) is 0.875. The van der Waals surface area contributed by atoms with Crippen LogP contribution in [0.1, 0.15) is 12.8 Å². The van der Waals surface area contributed by atoms with Gasteiger partial charge in [0.25, 0.3) is 0 Å². The van der Waals surface area contributed by atoms with Gasteiger partial charge in [-0.2, -0.15) is 0 Å². The highest BCUT2D eigenvalue weighted by atomic mass is 16.4. The number of hydrogen-bond donors (Lipinski definition) is 2. The van der Waals surface area contributed by atoms with Crippen molar-refractivity contribution >= 4 is 5.97 Å². The van der Waals surface area contributed by atoms with Gasteiger partial charge in [-0.15, -0.1) is 0 Å². The van der Waals surface area contributed by atoms with Crippen molar-refractivity contribution in [2.75, 3.05) is 13.1 Å². The Hall–Kier alpha value is -0.610. The second kappa shape index (κ2) is 2.71. The van der Waals surface area contributed by atoms with Crippen LogP contribution in [-0.4, -0.2) is 41.1 Å². The van der Waals surface area contributed by atoms with Crippen LogP contribution in [0, 0.1) is 5.92 Å². The van der Waals surface area contributed by atoms with Gasteiger partial charge in [0.05, 0.1) is 6.42 Å². The lowest BCUT2D eigenvalue weighted by atomic mass is 9.81. The number of carbonyl (C=O) groups is 1. The van der Waals surface area contributed by atoms with Crippen LogP contribution in [0.3, 0.4) is 0 Å². The van der Waals surface area contributed by atoms with E-state index in [0.29, 0.717) is 24.5 Å².